The summed E-state index contributed by atoms with van der Waals surface area (Å²) in [6.45, 7) is 2.52. The second kappa shape index (κ2) is 10.0. The predicted octanol–water partition coefficient (Wildman–Crippen LogP) is 6.12. The number of benzene rings is 2. The molecule has 0 aliphatic rings. The Hall–Kier alpha value is -2.43. The summed E-state index contributed by atoms with van der Waals surface area (Å²) in [5.74, 6) is 0.840. The molecule has 0 bridgehead atoms. The van der Waals surface area contributed by atoms with Gasteiger partial charge in [0, 0.05) is 23.3 Å². The molecular weight excluding hydrogens is 378 g/mol. The number of rotatable bonds is 8. The van der Waals surface area contributed by atoms with E-state index in [2.05, 4.69) is 11.4 Å². The van der Waals surface area contributed by atoms with Crippen LogP contribution in [-0.2, 0) is 0 Å². The fourth-order valence-corrected chi connectivity index (χ4v) is 3.26. The Morgan fingerprint density at radius 2 is 1.67 bits per heavy atom. The Labute approximate surface area is 169 Å². The number of ether oxygens (including phenoxy) is 1. The molecule has 0 radical (unpaired) electrons. The summed E-state index contributed by atoms with van der Waals surface area (Å²) in [6, 6.07) is 17.0. The third-order valence-corrected chi connectivity index (χ3v) is 5.03. The first kappa shape index (κ1) is 20.9. The number of carbonyl (C=O) groups is 1. The van der Waals surface area contributed by atoms with Crippen LogP contribution in [0.3, 0.4) is 0 Å². The van der Waals surface area contributed by atoms with Gasteiger partial charge < -0.3 is 10.1 Å². The standard InChI is InChI=1S/C22H21NO2S.ClH/c1-2-16(13-23)14-25-21-9-7-19(8-10-21)22(24)18-5-3-17(4-6-18)20-11-12-26-15-20;/h3-13,15-16,23H,2,14H2,1H3;1H/t16-;/m1./s1. The van der Waals surface area contributed by atoms with Crippen molar-refractivity contribution in [1.82, 2.24) is 0 Å². The fraction of sp³-hybridized carbons (Fsp3) is 0.182. The van der Waals surface area contributed by atoms with Crippen LogP contribution in [0.1, 0.15) is 29.3 Å². The van der Waals surface area contributed by atoms with Crippen LogP contribution in [0.2, 0.25) is 0 Å². The highest BCUT2D eigenvalue weighted by molar-refractivity contribution is 7.08. The van der Waals surface area contributed by atoms with Crippen LogP contribution in [0, 0.1) is 11.3 Å². The number of thiophene rings is 1. The molecule has 1 heterocycles. The summed E-state index contributed by atoms with van der Waals surface area (Å²) < 4.78 is 5.69. The van der Waals surface area contributed by atoms with E-state index in [0.29, 0.717) is 17.7 Å². The van der Waals surface area contributed by atoms with Gasteiger partial charge in [-0.05, 0) is 58.6 Å². The second-order valence-electron chi connectivity index (χ2n) is 6.09. The van der Waals surface area contributed by atoms with E-state index in [1.807, 2.05) is 48.7 Å². The highest BCUT2D eigenvalue weighted by atomic mass is 35.5. The maximum atomic E-state index is 12.6. The zero-order chi connectivity index (χ0) is 18.4. The van der Waals surface area contributed by atoms with Crippen molar-refractivity contribution in [2.45, 2.75) is 13.3 Å². The van der Waals surface area contributed by atoms with Crippen LogP contribution >= 0.6 is 23.7 Å². The van der Waals surface area contributed by atoms with E-state index in [1.165, 1.54) is 11.8 Å². The molecule has 1 N–H and O–H groups in total. The highest BCUT2D eigenvalue weighted by Crippen LogP contribution is 2.23. The average molecular weight is 400 g/mol. The Kier molecular flexibility index (Phi) is 7.77. The molecule has 0 aliphatic heterocycles. The van der Waals surface area contributed by atoms with Crippen LogP contribution in [0.15, 0.2) is 65.4 Å². The molecule has 0 spiro atoms. The van der Waals surface area contributed by atoms with Gasteiger partial charge in [-0.15, -0.1) is 12.4 Å². The van der Waals surface area contributed by atoms with Crippen LogP contribution in [0.5, 0.6) is 5.75 Å². The summed E-state index contributed by atoms with van der Waals surface area (Å²) in [6.07, 6.45) is 2.29. The van der Waals surface area contributed by atoms with Crippen molar-refractivity contribution >= 4 is 35.7 Å². The largest absolute Gasteiger partial charge is 0.493 e. The molecule has 0 aliphatic carbocycles. The van der Waals surface area contributed by atoms with Crippen molar-refractivity contribution in [2.75, 3.05) is 6.61 Å². The van der Waals surface area contributed by atoms with E-state index in [1.54, 1.807) is 23.5 Å². The zero-order valence-electron chi connectivity index (χ0n) is 15.1. The lowest BCUT2D eigenvalue weighted by molar-refractivity contribution is 0.103. The predicted molar refractivity (Wildman–Crippen MR) is 115 cm³/mol. The molecule has 5 heteroatoms. The minimum atomic E-state index is -0.000607. The normalized spacial score (nSPS) is 11.3. The molecule has 3 rings (SSSR count). The maximum Gasteiger partial charge on any atom is 0.193 e. The van der Waals surface area contributed by atoms with E-state index in [-0.39, 0.29) is 24.1 Å². The van der Waals surface area contributed by atoms with Crippen LogP contribution in [0.4, 0.5) is 0 Å². The lowest BCUT2D eigenvalue weighted by Crippen LogP contribution is -2.12. The molecule has 140 valence electrons. The third-order valence-electron chi connectivity index (χ3n) is 4.34. The second-order valence-corrected chi connectivity index (χ2v) is 6.87. The quantitative estimate of drug-likeness (QED) is 0.366. The van der Waals surface area contributed by atoms with Crippen molar-refractivity contribution in [2.24, 2.45) is 5.92 Å². The van der Waals surface area contributed by atoms with E-state index in [9.17, 15) is 4.79 Å². The van der Waals surface area contributed by atoms with Crippen molar-refractivity contribution < 1.29 is 9.53 Å². The van der Waals surface area contributed by atoms with Crippen molar-refractivity contribution in [1.29, 1.82) is 5.41 Å². The van der Waals surface area contributed by atoms with Gasteiger partial charge >= 0.3 is 0 Å². The zero-order valence-corrected chi connectivity index (χ0v) is 16.7. The lowest BCUT2D eigenvalue weighted by atomic mass is 10.0. The van der Waals surface area contributed by atoms with Gasteiger partial charge in [-0.25, -0.2) is 0 Å². The SMILES string of the molecule is CC[C@H](C=N)COc1ccc(C(=O)c2ccc(-c3ccsc3)cc2)cc1.Cl. The summed E-state index contributed by atoms with van der Waals surface area (Å²) in [4.78, 5) is 12.6. The fourth-order valence-electron chi connectivity index (χ4n) is 2.60. The van der Waals surface area contributed by atoms with Gasteiger partial charge in [0.15, 0.2) is 5.78 Å². The van der Waals surface area contributed by atoms with Crippen LogP contribution in [-0.4, -0.2) is 18.6 Å². The molecular formula is C22H22ClNO2S. The molecule has 27 heavy (non-hydrogen) atoms. The first-order valence-electron chi connectivity index (χ1n) is 8.62. The van der Waals surface area contributed by atoms with Gasteiger partial charge in [0.1, 0.15) is 5.75 Å². The van der Waals surface area contributed by atoms with Gasteiger partial charge in [0.25, 0.3) is 0 Å². The van der Waals surface area contributed by atoms with Crippen molar-refractivity contribution in [3.63, 3.8) is 0 Å². The van der Waals surface area contributed by atoms with E-state index >= 15 is 0 Å². The molecule has 1 atom stereocenters. The first-order valence-corrected chi connectivity index (χ1v) is 9.56. The van der Waals surface area contributed by atoms with Gasteiger partial charge in [0.05, 0.1) is 6.61 Å². The van der Waals surface area contributed by atoms with Gasteiger partial charge in [-0.1, -0.05) is 31.2 Å². The molecule has 0 amide bonds. The monoisotopic (exact) mass is 399 g/mol. The highest BCUT2D eigenvalue weighted by Gasteiger charge is 2.10. The summed E-state index contributed by atoms with van der Waals surface area (Å²) in [5, 5.41) is 11.5. The molecule has 3 nitrogen and oxygen atoms in total. The molecule has 0 saturated heterocycles. The topological polar surface area (TPSA) is 50.1 Å². The summed E-state index contributed by atoms with van der Waals surface area (Å²) >= 11 is 1.66. The molecule has 0 unspecified atom stereocenters. The molecule has 3 aromatic rings. The Bertz CT molecular complexity index is 858. The van der Waals surface area contributed by atoms with Crippen LogP contribution < -0.4 is 4.74 Å². The number of nitrogens with one attached hydrogen (secondary N) is 1. The number of carbonyl (C=O) groups excluding carboxylic acids is 1. The van der Waals surface area contributed by atoms with Gasteiger partial charge in [0.2, 0.25) is 0 Å². The lowest BCUT2D eigenvalue weighted by Gasteiger charge is -2.11. The van der Waals surface area contributed by atoms with E-state index < -0.39 is 0 Å². The van der Waals surface area contributed by atoms with Crippen molar-refractivity contribution in [3.8, 4) is 16.9 Å². The molecule has 0 saturated carbocycles. The smallest absolute Gasteiger partial charge is 0.193 e. The average Bonchev–Trinajstić information content (AvgIpc) is 3.24. The first-order chi connectivity index (χ1) is 12.7. The van der Waals surface area contributed by atoms with Crippen LogP contribution in [0.25, 0.3) is 11.1 Å². The minimum Gasteiger partial charge on any atom is -0.493 e. The van der Waals surface area contributed by atoms with Crippen molar-refractivity contribution in [3.05, 3.63) is 76.5 Å². The number of ketones is 1. The molecule has 0 fully saturated rings. The summed E-state index contributed by atoms with van der Waals surface area (Å²) in [7, 11) is 0. The van der Waals surface area contributed by atoms with Gasteiger partial charge in [-0.3, -0.25) is 4.79 Å². The maximum absolute atomic E-state index is 12.6. The van der Waals surface area contributed by atoms with Gasteiger partial charge in [-0.2, -0.15) is 11.3 Å². The number of hydrogen-bond donors (Lipinski definition) is 1. The third kappa shape index (κ3) is 5.28. The molecule has 2 aromatic carbocycles. The summed E-state index contributed by atoms with van der Waals surface area (Å²) in [5.41, 5.74) is 3.60. The number of halogens is 1. The van der Waals surface area contributed by atoms with E-state index in [4.69, 9.17) is 10.1 Å². The minimum absolute atomic E-state index is 0. The molecule has 1 aromatic heterocycles. The Balaban J connectivity index is 0.00000261. The Morgan fingerprint density at radius 1 is 1.04 bits per heavy atom. The van der Waals surface area contributed by atoms with E-state index in [0.717, 1.165) is 17.7 Å². The number of hydrogen-bond acceptors (Lipinski definition) is 4. The Morgan fingerprint density at radius 3 is 2.19 bits per heavy atom.